The molecule has 1 fully saturated rings. The van der Waals surface area contributed by atoms with Gasteiger partial charge in [0.15, 0.2) is 5.78 Å². The smallest absolute Gasteiger partial charge is 0.321 e. The minimum absolute atomic E-state index is 0.0873. The number of Topliss-reactive ketones (excluding diaryl/α,β-unsaturated/α-hetero) is 1. The Morgan fingerprint density at radius 1 is 1.07 bits per heavy atom. The summed E-state index contributed by atoms with van der Waals surface area (Å²) in [5.74, 6) is -3.20. The molecule has 5 heteroatoms. The molecule has 0 radical (unpaired) electrons. The average molecular weight is 196 g/mol. The number of carbonyl (C=O) groups is 3. The van der Waals surface area contributed by atoms with Gasteiger partial charge in [0.2, 0.25) is 0 Å². The maximum atomic E-state index is 11.7. The first-order valence-electron chi connectivity index (χ1n) is 4.18. The van der Waals surface area contributed by atoms with E-state index in [2.05, 4.69) is 0 Å². The van der Waals surface area contributed by atoms with Crippen molar-refractivity contribution >= 4 is 17.7 Å². The summed E-state index contributed by atoms with van der Waals surface area (Å²) < 4.78 is 0. The molecular formula is C9H8O5. The molecule has 0 aliphatic heterocycles. The van der Waals surface area contributed by atoms with Crippen molar-refractivity contribution in [2.45, 2.75) is 12.8 Å². The number of aliphatic carboxylic acids is 2. The monoisotopic (exact) mass is 196 g/mol. The Hall–Kier alpha value is -1.65. The lowest BCUT2D eigenvalue weighted by Crippen LogP contribution is -2.38. The van der Waals surface area contributed by atoms with E-state index in [4.69, 9.17) is 10.2 Å². The van der Waals surface area contributed by atoms with Crippen LogP contribution in [0.2, 0.25) is 0 Å². The highest BCUT2D eigenvalue weighted by Crippen LogP contribution is 2.53. The standard InChI is InChI=1S/C9H8O5/c10-5-8(6(11)12)1-2-9(5,4-3-8)7(13)14/h1-2H,3-4H2,(H,11,12)(H,13,14). The molecule has 2 N–H and O–H groups in total. The number of rotatable bonds is 2. The van der Waals surface area contributed by atoms with Crippen LogP contribution < -0.4 is 0 Å². The lowest BCUT2D eigenvalue weighted by Gasteiger charge is -2.14. The summed E-state index contributed by atoms with van der Waals surface area (Å²) in [6, 6.07) is 0. The van der Waals surface area contributed by atoms with E-state index >= 15 is 0 Å². The van der Waals surface area contributed by atoms with Crippen LogP contribution in [0.5, 0.6) is 0 Å². The molecule has 2 unspecified atom stereocenters. The Kier molecular flexibility index (Phi) is 1.42. The topological polar surface area (TPSA) is 91.7 Å². The van der Waals surface area contributed by atoms with Crippen molar-refractivity contribution in [3.05, 3.63) is 12.2 Å². The van der Waals surface area contributed by atoms with Crippen LogP contribution >= 0.6 is 0 Å². The average Bonchev–Trinajstić information content (AvgIpc) is 2.58. The molecule has 2 rings (SSSR count). The summed E-state index contributed by atoms with van der Waals surface area (Å²) >= 11 is 0. The van der Waals surface area contributed by atoms with E-state index in [1.165, 1.54) is 12.2 Å². The minimum atomic E-state index is -1.57. The van der Waals surface area contributed by atoms with Crippen molar-refractivity contribution in [3.63, 3.8) is 0 Å². The lowest BCUT2D eigenvalue weighted by molar-refractivity contribution is -0.154. The number of carbonyl (C=O) groups excluding carboxylic acids is 1. The Balaban J connectivity index is 2.53. The van der Waals surface area contributed by atoms with Crippen molar-refractivity contribution in [1.82, 2.24) is 0 Å². The molecule has 2 atom stereocenters. The van der Waals surface area contributed by atoms with Crippen LogP contribution in [-0.2, 0) is 14.4 Å². The molecule has 1 saturated carbocycles. The molecule has 5 nitrogen and oxygen atoms in total. The van der Waals surface area contributed by atoms with E-state index in [-0.39, 0.29) is 12.8 Å². The highest BCUT2D eigenvalue weighted by Gasteiger charge is 2.66. The van der Waals surface area contributed by atoms with Crippen LogP contribution in [0.25, 0.3) is 0 Å². The minimum Gasteiger partial charge on any atom is -0.480 e. The summed E-state index contributed by atoms with van der Waals surface area (Å²) in [5, 5.41) is 17.8. The zero-order valence-corrected chi connectivity index (χ0v) is 7.19. The summed E-state index contributed by atoms with van der Waals surface area (Å²) in [5.41, 5.74) is -3.14. The zero-order valence-electron chi connectivity index (χ0n) is 7.19. The second kappa shape index (κ2) is 2.23. The van der Waals surface area contributed by atoms with Gasteiger partial charge in [-0.15, -0.1) is 0 Å². The van der Waals surface area contributed by atoms with Gasteiger partial charge in [-0.2, -0.15) is 0 Å². The molecular weight excluding hydrogens is 188 g/mol. The predicted molar refractivity (Wildman–Crippen MR) is 43.5 cm³/mol. The van der Waals surface area contributed by atoms with Crippen LogP contribution in [0.15, 0.2) is 12.2 Å². The fraction of sp³-hybridized carbons (Fsp3) is 0.444. The Bertz CT molecular complexity index is 349. The van der Waals surface area contributed by atoms with E-state index in [1.807, 2.05) is 0 Å². The predicted octanol–water partition coefficient (Wildman–Crippen LogP) is 0.0611. The van der Waals surface area contributed by atoms with Gasteiger partial charge in [-0.05, 0) is 12.8 Å². The highest BCUT2D eigenvalue weighted by molar-refractivity contribution is 6.20. The molecule has 0 aromatic rings. The molecule has 0 saturated heterocycles. The summed E-state index contributed by atoms with van der Waals surface area (Å²) in [7, 11) is 0. The van der Waals surface area contributed by atoms with Crippen molar-refractivity contribution in [1.29, 1.82) is 0 Å². The largest absolute Gasteiger partial charge is 0.480 e. The summed E-state index contributed by atoms with van der Waals surface area (Å²) in [4.78, 5) is 33.5. The quantitative estimate of drug-likeness (QED) is 0.481. The molecule has 2 aliphatic carbocycles. The number of hydrogen-bond acceptors (Lipinski definition) is 3. The normalized spacial score (nSPS) is 39.0. The number of ketones is 1. The van der Waals surface area contributed by atoms with E-state index in [0.29, 0.717) is 0 Å². The van der Waals surface area contributed by atoms with Gasteiger partial charge >= 0.3 is 11.9 Å². The Labute approximate surface area is 79.0 Å². The molecule has 0 aromatic carbocycles. The van der Waals surface area contributed by atoms with Crippen LogP contribution in [0.4, 0.5) is 0 Å². The molecule has 0 amide bonds. The summed E-state index contributed by atoms with van der Waals surface area (Å²) in [6.45, 7) is 0. The van der Waals surface area contributed by atoms with E-state index in [0.717, 1.165) is 0 Å². The van der Waals surface area contributed by atoms with Crippen LogP contribution in [0.3, 0.4) is 0 Å². The number of carboxylic acids is 2. The van der Waals surface area contributed by atoms with Crippen LogP contribution in [0, 0.1) is 10.8 Å². The second-order valence-corrected chi connectivity index (χ2v) is 3.72. The molecule has 74 valence electrons. The SMILES string of the molecule is O=C(O)C12C=CC(C(=O)O)(CC1)C2=O. The van der Waals surface area contributed by atoms with E-state index in [9.17, 15) is 14.4 Å². The van der Waals surface area contributed by atoms with Gasteiger partial charge < -0.3 is 10.2 Å². The van der Waals surface area contributed by atoms with Crippen molar-refractivity contribution in [3.8, 4) is 0 Å². The highest BCUT2D eigenvalue weighted by atomic mass is 16.4. The van der Waals surface area contributed by atoms with Gasteiger partial charge in [-0.3, -0.25) is 14.4 Å². The van der Waals surface area contributed by atoms with E-state index < -0.39 is 28.6 Å². The maximum Gasteiger partial charge on any atom is 0.321 e. The number of fused-ring (bicyclic) bond motifs is 2. The van der Waals surface area contributed by atoms with Crippen molar-refractivity contribution in [2.24, 2.45) is 10.8 Å². The summed E-state index contributed by atoms with van der Waals surface area (Å²) in [6.07, 6.45) is 2.61. The fourth-order valence-electron chi connectivity index (χ4n) is 2.17. The molecule has 2 aliphatic rings. The third kappa shape index (κ3) is 0.685. The fourth-order valence-corrected chi connectivity index (χ4v) is 2.17. The Morgan fingerprint density at radius 2 is 1.43 bits per heavy atom. The lowest BCUT2D eigenvalue weighted by atomic mass is 9.86. The third-order valence-electron chi connectivity index (χ3n) is 3.14. The first kappa shape index (κ1) is 8.93. The number of carboxylic acid groups (broad SMARTS) is 2. The Morgan fingerprint density at radius 3 is 1.57 bits per heavy atom. The first-order chi connectivity index (χ1) is 6.46. The molecule has 0 heterocycles. The van der Waals surface area contributed by atoms with Crippen LogP contribution in [0.1, 0.15) is 12.8 Å². The zero-order chi connectivity index (χ0) is 10.6. The molecule has 14 heavy (non-hydrogen) atoms. The van der Waals surface area contributed by atoms with Crippen molar-refractivity contribution in [2.75, 3.05) is 0 Å². The van der Waals surface area contributed by atoms with Gasteiger partial charge in [0.25, 0.3) is 0 Å². The second-order valence-electron chi connectivity index (χ2n) is 3.72. The third-order valence-corrected chi connectivity index (χ3v) is 3.14. The van der Waals surface area contributed by atoms with Gasteiger partial charge in [-0.1, -0.05) is 12.2 Å². The van der Waals surface area contributed by atoms with Crippen LogP contribution in [-0.4, -0.2) is 27.9 Å². The maximum absolute atomic E-state index is 11.7. The number of hydrogen-bond donors (Lipinski definition) is 2. The van der Waals surface area contributed by atoms with Gasteiger partial charge in [0.05, 0.1) is 0 Å². The van der Waals surface area contributed by atoms with Gasteiger partial charge in [0, 0.05) is 0 Å². The van der Waals surface area contributed by atoms with Crippen molar-refractivity contribution < 1.29 is 24.6 Å². The molecule has 0 spiro atoms. The first-order valence-corrected chi connectivity index (χ1v) is 4.18. The van der Waals surface area contributed by atoms with Gasteiger partial charge in [0.1, 0.15) is 10.8 Å². The molecule has 2 bridgehead atoms. The molecule has 0 aromatic heterocycles. The van der Waals surface area contributed by atoms with E-state index in [1.54, 1.807) is 0 Å². The van der Waals surface area contributed by atoms with Gasteiger partial charge in [-0.25, -0.2) is 0 Å².